The monoisotopic (exact) mass is 608 g/mol. The van der Waals surface area contributed by atoms with Crippen molar-refractivity contribution in [3.63, 3.8) is 0 Å². The summed E-state index contributed by atoms with van der Waals surface area (Å²) >= 11 is 0. The Morgan fingerprint density at radius 1 is 0.756 bits per heavy atom. The minimum absolute atomic E-state index is 0.0313. The maximum Gasteiger partial charge on any atom is 0.306 e. The number of carbonyl (C=O) groups excluding carboxylic acids is 2. The lowest BCUT2D eigenvalue weighted by molar-refractivity contribution is -0.140. The van der Waals surface area contributed by atoms with E-state index in [2.05, 4.69) is 20.6 Å². The van der Waals surface area contributed by atoms with Crippen molar-refractivity contribution < 1.29 is 29.7 Å². The van der Waals surface area contributed by atoms with Crippen LogP contribution in [0.3, 0.4) is 0 Å². The van der Waals surface area contributed by atoms with Crippen molar-refractivity contribution >= 4 is 39.3 Å². The van der Waals surface area contributed by atoms with Crippen molar-refractivity contribution in [3.8, 4) is 0 Å². The molecule has 5 rings (SSSR count). The summed E-state index contributed by atoms with van der Waals surface area (Å²) < 4.78 is 0. The molecule has 10 nitrogen and oxygen atoms in total. The summed E-state index contributed by atoms with van der Waals surface area (Å²) in [6, 6.07) is 25.6. The highest BCUT2D eigenvalue weighted by atomic mass is 16.4. The van der Waals surface area contributed by atoms with E-state index in [9.17, 15) is 24.6 Å². The fourth-order valence-corrected chi connectivity index (χ4v) is 5.71. The van der Waals surface area contributed by atoms with Crippen LogP contribution in [-0.4, -0.2) is 67.9 Å². The first-order valence-electron chi connectivity index (χ1n) is 14.8. The fraction of sp³-hybridized carbons (Fsp3) is 0.257. The summed E-state index contributed by atoms with van der Waals surface area (Å²) in [4.78, 5) is 45.9. The number of imidazole rings is 1. The third kappa shape index (κ3) is 7.91. The Labute approximate surface area is 260 Å². The van der Waals surface area contributed by atoms with Crippen LogP contribution in [0.5, 0.6) is 0 Å². The van der Waals surface area contributed by atoms with Gasteiger partial charge in [-0.25, -0.2) is 4.98 Å². The smallest absolute Gasteiger partial charge is 0.306 e. The third-order valence-corrected chi connectivity index (χ3v) is 8.04. The number of fused-ring (bicyclic) bond motifs is 2. The van der Waals surface area contributed by atoms with Gasteiger partial charge in [-0.2, -0.15) is 0 Å². The molecule has 0 aliphatic heterocycles. The van der Waals surface area contributed by atoms with E-state index in [1.54, 1.807) is 6.20 Å². The fourth-order valence-electron chi connectivity index (χ4n) is 5.71. The highest BCUT2D eigenvalue weighted by Crippen LogP contribution is 2.26. The van der Waals surface area contributed by atoms with Crippen LogP contribution in [0.1, 0.15) is 23.2 Å². The summed E-state index contributed by atoms with van der Waals surface area (Å²) in [7, 11) is 0. The average Bonchev–Trinajstić information content (AvgIpc) is 3.56. The Morgan fingerprint density at radius 3 is 1.87 bits per heavy atom. The summed E-state index contributed by atoms with van der Waals surface area (Å²) in [5.74, 6) is -2.87. The van der Waals surface area contributed by atoms with Gasteiger partial charge in [0.1, 0.15) is 6.04 Å². The minimum atomic E-state index is -1.52. The van der Waals surface area contributed by atoms with Crippen LogP contribution >= 0.6 is 0 Å². The second-order valence-corrected chi connectivity index (χ2v) is 11.2. The minimum Gasteiger partial charge on any atom is -0.481 e. The van der Waals surface area contributed by atoms with Gasteiger partial charge < -0.3 is 30.9 Å². The lowest BCUT2D eigenvalue weighted by Crippen LogP contribution is -2.55. The number of rotatable bonds is 14. The number of nitrogens with one attached hydrogen (secondary N) is 3. The number of hydrogen-bond acceptors (Lipinski definition) is 6. The summed E-state index contributed by atoms with van der Waals surface area (Å²) in [6.45, 7) is -0.686. The van der Waals surface area contributed by atoms with Gasteiger partial charge in [0.15, 0.2) is 0 Å². The number of carboxylic acid groups (broad SMARTS) is 1. The van der Waals surface area contributed by atoms with Gasteiger partial charge in [0.25, 0.3) is 0 Å². The van der Waals surface area contributed by atoms with E-state index in [4.69, 9.17) is 5.11 Å². The molecule has 3 atom stereocenters. The molecule has 6 N–H and O–H groups in total. The van der Waals surface area contributed by atoms with Gasteiger partial charge in [0.2, 0.25) is 11.8 Å². The molecule has 0 radical (unpaired) electrons. The molecule has 0 aliphatic rings. The highest BCUT2D eigenvalue weighted by Gasteiger charge is 2.31. The Kier molecular flexibility index (Phi) is 10.2. The molecule has 4 aromatic carbocycles. The Hall–Kier alpha value is -5.06. The van der Waals surface area contributed by atoms with Gasteiger partial charge >= 0.3 is 5.97 Å². The largest absolute Gasteiger partial charge is 0.481 e. The van der Waals surface area contributed by atoms with E-state index in [1.165, 1.54) is 6.33 Å². The average molecular weight is 609 g/mol. The van der Waals surface area contributed by atoms with E-state index in [-0.39, 0.29) is 12.3 Å². The predicted octanol–water partition coefficient (Wildman–Crippen LogP) is 3.16. The Balaban J connectivity index is 1.45. The van der Waals surface area contributed by atoms with Gasteiger partial charge in [-0.15, -0.1) is 0 Å². The molecular formula is C35H36N4O6. The number of carboxylic acids is 1. The first kappa shape index (κ1) is 31.4. The van der Waals surface area contributed by atoms with E-state index < -0.39 is 49.0 Å². The topological polar surface area (TPSA) is 165 Å². The second kappa shape index (κ2) is 14.6. The van der Waals surface area contributed by atoms with Gasteiger partial charge in [0, 0.05) is 18.5 Å². The van der Waals surface area contributed by atoms with Crippen LogP contribution in [0.25, 0.3) is 21.5 Å². The molecule has 2 amide bonds. The highest BCUT2D eigenvalue weighted by molar-refractivity contribution is 5.91. The van der Waals surface area contributed by atoms with Gasteiger partial charge in [-0.3, -0.25) is 14.4 Å². The number of benzene rings is 4. The van der Waals surface area contributed by atoms with Crippen LogP contribution in [0.15, 0.2) is 97.5 Å². The third-order valence-electron chi connectivity index (χ3n) is 8.04. The lowest BCUT2D eigenvalue weighted by atomic mass is 9.87. The number of aliphatic carboxylic acids is 1. The van der Waals surface area contributed by atoms with Gasteiger partial charge in [-0.1, -0.05) is 84.9 Å². The zero-order valence-electron chi connectivity index (χ0n) is 24.6. The molecule has 232 valence electrons. The SMILES string of the molecule is O=C(O)CC(O)C(CO)NC(=O)C(Cc1c[nH]cn1)NC(=O)C(Cc1cccc2ccccc12)Cc1cccc2ccccc12. The molecule has 3 unspecified atom stereocenters. The molecule has 0 aliphatic carbocycles. The van der Waals surface area contributed by atoms with E-state index in [1.807, 2.05) is 84.9 Å². The summed E-state index contributed by atoms with van der Waals surface area (Å²) in [5.41, 5.74) is 2.51. The standard InChI is InChI=1S/C35H36N4O6/c40-20-31(32(41)18-33(42)43)39-35(45)30(17-27-19-36-21-37-27)38-34(44)26(15-24-11-5-9-22-7-1-3-13-28(22)24)16-25-12-6-10-23-8-2-4-14-29(23)25/h1-14,19,21,26,30-32,40-41H,15-18,20H2,(H,36,37)(H,38,44)(H,39,45)(H,42,43). The van der Waals surface area contributed by atoms with Gasteiger partial charge in [0.05, 0.1) is 37.2 Å². The molecule has 1 aromatic heterocycles. The van der Waals surface area contributed by atoms with E-state index >= 15 is 0 Å². The molecule has 0 fully saturated rings. The number of amides is 2. The van der Waals surface area contributed by atoms with Crippen LogP contribution in [0, 0.1) is 5.92 Å². The maximum atomic E-state index is 14.2. The summed E-state index contributed by atoms with van der Waals surface area (Å²) in [6.07, 6.45) is 1.72. The molecule has 0 spiro atoms. The zero-order chi connectivity index (χ0) is 31.8. The molecule has 1 heterocycles. The quantitative estimate of drug-likeness (QED) is 0.113. The van der Waals surface area contributed by atoms with Crippen LogP contribution in [0.4, 0.5) is 0 Å². The van der Waals surface area contributed by atoms with Crippen LogP contribution < -0.4 is 10.6 Å². The Morgan fingerprint density at radius 2 is 1.33 bits per heavy atom. The molecule has 5 aromatic rings. The number of hydrogen-bond donors (Lipinski definition) is 6. The van der Waals surface area contributed by atoms with Crippen LogP contribution in [0.2, 0.25) is 0 Å². The van der Waals surface area contributed by atoms with Crippen molar-refractivity contribution in [2.45, 2.75) is 43.9 Å². The number of aromatic amines is 1. The van der Waals surface area contributed by atoms with E-state index in [0.717, 1.165) is 32.7 Å². The van der Waals surface area contributed by atoms with Crippen molar-refractivity contribution in [2.24, 2.45) is 5.92 Å². The molecule has 0 bridgehead atoms. The van der Waals surface area contributed by atoms with E-state index in [0.29, 0.717) is 18.5 Å². The van der Waals surface area contributed by atoms with Crippen molar-refractivity contribution in [1.82, 2.24) is 20.6 Å². The second-order valence-electron chi connectivity index (χ2n) is 11.2. The van der Waals surface area contributed by atoms with Gasteiger partial charge in [-0.05, 0) is 45.5 Å². The van der Waals surface area contributed by atoms with Crippen molar-refractivity contribution in [2.75, 3.05) is 6.61 Å². The molecule has 0 saturated heterocycles. The molecule has 0 saturated carbocycles. The number of nitrogens with zero attached hydrogens (tertiary/aromatic N) is 1. The van der Waals surface area contributed by atoms with Crippen LogP contribution in [-0.2, 0) is 33.6 Å². The van der Waals surface area contributed by atoms with Crippen molar-refractivity contribution in [1.29, 1.82) is 0 Å². The molecule has 10 heteroatoms. The first-order chi connectivity index (χ1) is 21.8. The normalized spacial score (nSPS) is 13.4. The molecule has 45 heavy (non-hydrogen) atoms. The number of carbonyl (C=O) groups is 3. The number of H-pyrrole nitrogens is 1. The number of aliphatic hydroxyl groups is 2. The Bertz CT molecular complexity index is 1680. The predicted molar refractivity (Wildman–Crippen MR) is 170 cm³/mol. The first-order valence-corrected chi connectivity index (χ1v) is 14.8. The number of aromatic nitrogens is 2. The maximum absolute atomic E-state index is 14.2. The zero-order valence-corrected chi connectivity index (χ0v) is 24.6. The van der Waals surface area contributed by atoms with Crippen molar-refractivity contribution in [3.05, 3.63) is 114 Å². The lowest BCUT2D eigenvalue weighted by Gasteiger charge is -2.26. The number of aliphatic hydroxyl groups excluding tert-OH is 2. The molecular weight excluding hydrogens is 572 g/mol. The summed E-state index contributed by atoms with van der Waals surface area (Å²) in [5, 5.41) is 38.8.